The highest BCUT2D eigenvalue weighted by atomic mass is 16.1. The molecule has 2 rings (SSSR count). The van der Waals surface area contributed by atoms with E-state index in [1.54, 1.807) is 7.05 Å². The Hall–Kier alpha value is -0.650. The third kappa shape index (κ3) is 5.93. The molecule has 122 valence electrons. The third-order valence-corrected chi connectivity index (χ3v) is 4.80. The van der Waals surface area contributed by atoms with Crippen LogP contribution in [0.1, 0.15) is 45.4 Å². The monoisotopic (exact) mass is 296 g/mol. The van der Waals surface area contributed by atoms with E-state index in [4.69, 9.17) is 0 Å². The zero-order valence-electron chi connectivity index (χ0n) is 13.7. The molecule has 0 aliphatic carbocycles. The Bertz CT molecular complexity index is 309. The van der Waals surface area contributed by atoms with E-state index in [1.165, 1.54) is 32.2 Å². The maximum absolute atomic E-state index is 11.4. The van der Waals surface area contributed by atoms with E-state index in [0.717, 1.165) is 25.9 Å². The molecule has 0 saturated carbocycles. The molecule has 0 spiro atoms. The molecule has 3 N–H and O–H groups in total. The molecule has 2 fully saturated rings. The predicted molar refractivity (Wildman–Crippen MR) is 86.4 cm³/mol. The summed E-state index contributed by atoms with van der Waals surface area (Å²) < 4.78 is 0. The lowest BCUT2D eigenvalue weighted by molar-refractivity contribution is -0.122. The number of carbonyl (C=O) groups excluding carboxylic acids is 1. The van der Waals surface area contributed by atoms with Gasteiger partial charge in [-0.05, 0) is 45.6 Å². The van der Waals surface area contributed by atoms with Crippen molar-refractivity contribution in [3.63, 3.8) is 0 Å². The van der Waals surface area contributed by atoms with Gasteiger partial charge >= 0.3 is 0 Å². The van der Waals surface area contributed by atoms with Crippen molar-refractivity contribution in [2.24, 2.45) is 0 Å². The van der Waals surface area contributed by atoms with Crippen molar-refractivity contribution >= 4 is 5.91 Å². The summed E-state index contributed by atoms with van der Waals surface area (Å²) >= 11 is 0. The van der Waals surface area contributed by atoms with Crippen molar-refractivity contribution in [3.8, 4) is 0 Å². The molecule has 2 saturated heterocycles. The number of rotatable bonds is 6. The van der Waals surface area contributed by atoms with Gasteiger partial charge in [-0.2, -0.15) is 0 Å². The van der Waals surface area contributed by atoms with Gasteiger partial charge in [0.15, 0.2) is 0 Å². The fourth-order valence-electron chi connectivity index (χ4n) is 3.56. The summed E-state index contributed by atoms with van der Waals surface area (Å²) in [5.74, 6) is 0.123. The standard InChI is InChI=1S/C16H32N4O/c1-13(11-15-5-3-4-8-18-15)19-14-6-9-20(10-7-14)12-16(21)17-2/h13-15,18-19H,3-12H2,1-2H3,(H,17,21). The number of piperidine rings is 2. The summed E-state index contributed by atoms with van der Waals surface area (Å²) in [6, 6.07) is 1.90. The van der Waals surface area contributed by atoms with Gasteiger partial charge in [0.2, 0.25) is 5.91 Å². The number of nitrogens with one attached hydrogen (secondary N) is 3. The molecule has 0 aromatic carbocycles. The van der Waals surface area contributed by atoms with Crippen LogP contribution in [-0.2, 0) is 4.79 Å². The molecule has 2 aliphatic heterocycles. The van der Waals surface area contributed by atoms with E-state index < -0.39 is 0 Å². The molecule has 0 radical (unpaired) electrons. The van der Waals surface area contributed by atoms with Gasteiger partial charge in [0.25, 0.3) is 0 Å². The first kappa shape index (κ1) is 16.7. The Morgan fingerprint density at radius 1 is 1.29 bits per heavy atom. The molecule has 0 bridgehead atoms. The molecule has 0 aromatic rings. The second-order valence-electron chi connectivity index (χ2n) is 6.67. The van der Waals surface area contributed by atoms with Crippen molar-refractivity contribution in [2.75, 3.05) is 33.2 Å². The van der Waals surface area contributed by atoms with Crippen LogP contribution in [0.5, 0.6) is 0 Å². The van der Waals surface area contributed by atoms with E-state index in [9.17, 15) is 4.79 Å². The fourth-order valence-corrected chi connectivity index (χ4v) is 3.56. The van der Waals surface area contributed by atoms with Gasteiger partial charge in [-0.3, -0.25) is 9.69 Å². The number of hydrogen-bond donors (Lipinski definition) is 3. The number of hydrogen-bond acceptors (Lipinski definition) is 4. The van der Waals surface area contributed by atoms with Gasteiger partial charge in [-0.1, -0.05) is 6.42 Å². The zero-order chi connectivity index (χ0) is 15.1. The van der Waals surface area contributed by atoms with Crippen LogP contribution in [0.3, 0.4) is 0 Å². The molecular weight excluding hydrogens is 264 g/mol. The number of amides is 1. The molecule has 2 unspecified atom stereocenters. The van der Waals surface area contributed by atoms with E-state index in [2.05, 4.69) is 27.8 Å². The van der Waals surface area contributed by atoms with Gasteiger partial charge < -0.3 is 16.0 Å². The highest BCUT2D eigenvalue weighted by Crippen LogP contribution is 2.15. The Morgan fingerprint density at radius 3 is 2.67 bits per heavy atom. The summed E-state index contributed by atoms with van der Waals surface area (Å²) in [5, 5.41) is 10.1. The SMILES string of the molecule is CNC(=O)CN1CCC(NC(C)CC2CCCCN2)CC1. The summed E-state index contributed by atoms with van der Waals surface area (Å²) in [6.07, 6.45) is 7.58. The van der Waals surface area contributed by atoms with Gasteiger partial charge in [-0.15, -0.1) is 0 Å². The minimum Gasteiger partial charge on any atom is -0.358 e. The van der Waals surface area contributed by atoms with E-state index in [-0.39, 0.29) is 5.91 Å². The van der Waals surface area contributed by atoms with Crippen LogP contribution in [0.15, 0.2) is 0 Å². The minimum atomic E-state index is 0.123. The average Bonchev–Trinajstić information content (AvgIpc) is 2.50. The number of likely N-dealkylation sites (tertiary alicyclic amines) is 1. The molecule has 2 atom stereocenters. The summed E-state index contributed by atoms with van der Waals surface area (Å²) in [6.45, 7) is 6.10. The number of likely N-dealkylation sites (N-methyl/N-ethyl adjacent to an activating group) is 1. The predicted octanol–water partition coefficient (Wildman–Crippen LogP) is 0.707. The van der Waals surface area contributed by atoms with Crippen molar-refractivity contribution in [2.45, 2.75) is 63.6 Å². The molecule has 2 heterocycles. The smallest absolute Gasteiger partial charge is 0.233 e. The average molecular weight is 296 g/mol. The maximum atomic E-state index is 11.4. The zero-order valence-corrected chi connectivity index (χ0v) is 13.7. The normalized spacial score (nSPS) is 26.5. The van der Waals surface area contributed by atoms with Crippen LogP contribution in [-0.4, -0.2) is 62.2 Å². The Labute approximate surface area is 129 Å². The topological polar surface area (TPSA) is 56.4 Å². The lowest BCUT2D eigenvalue weighted by Gasteiger charge is -2.34. The molecule has 21 heavy (non-hydrogen) atoms. The number of carbonyl (C=O) groups is 1. The van der Waals surface area contributed by atoms with Crippen LogP contribution in [0.4, 0.5) is 0 Å². The van der Waals surface area contributed by atoms with E-state index in [0.29, 0.717) is 24.7 Å². The second kappa shape index (κ2) is 8.71. The van der Waals surface area contributed by atoms with Crippen LogP contribution in [0.2, 0.25) is 0 Å². The first-order valence-corrected chi connectivity index (χ1v) is 8.59. The van der Waals surface area contributed by atoms with Crippen LogP contribution in [0.25, 0.3) is 0 Å². The largest absolute Gasteiger partial charge is 0.358 e. The van der Waals surface area contributed by atoms with Gasteiger partial charge in [0, 0.05) is 38.3 Å². The first-order valence-electron chi connectivity index (χ1n) is 8.59. The molecule has 5 nitrogen and oxygen atoms in total. The number of nitrogens with zero attached hydrogens (tertiary/aromatic N) is 1. The third-order valence-electron chi connectivity index (χ3n) is 4.80. The second-order valence-corrected chi connectivity index (χ2v) is 6.67. The Balaban J connectivity index is 1.62. The molecule has 0 aromatic heterocycles. The molecule has 1 amide bonds. The highest BCUT2D eigenvalue weighted by molar-refractivity contribution is 5.77. The van der Waals surface area contributed by atoms with Crippen LogP contribution in [0, 0.1) is 0 Å². The Kier molecular flexibility index (Phi) is 6.93. The Morgan fingerprint density at radius 2 is 2.05 bits per heavy atom. The maximum Gasteiger partial charge on any atom is 0.233 e. The van der Waals surface area contributed by atoms with E-state index >= 15 is 0 Å². The van der Waals surface area contributed by atoms with E-state index in [1.807, 2.05) is 0 Å². The van der Waals surface area contributed by atoms with Gasteiger partial charge in [0.1, 0.15) is 0 Å². The molecule has 2 aliphatic rings. The highest BCUT2D eigenvalue weighted by Gasteiger charge is 2.23. The van der Waals surface area contributed by atoms with Crippen molar-refractivity contribution in [1.29, 1.82) is 0 Å². The fraction of sp³-hybridized carbons (Fsp3) is 0.938. The van der Waals surface area contributed by atoms with Crippen molar-refractivity contribution < 1.29 is 4.79 Å². The minimum absolute atomic E-state index is 0.123. The van der Waals surface area contributed by atoms with Gasteiger partial charge in [-0.25, -0.2) is 0 Å². The quantitative estimate of drug-likeness (QED) is 0.676. The van der Waals surface area contributed by atoms with Crippen LogP contribution >= 0.6 is 0 Å². The lowest BCUT2D eigenvalue weighted by Crippen LogP contribution is -2.49. The van der Waals surface area contributed by atoms with Gasteiger partial charge in [0.05, 0.1) is 6.54 Å². The summed E-state index contributed by atoms with van der Waals surface area (Å²) in [7, 11) is 1.71. The molecular formula is C16H32N4O. The first-order chi connectivity index (χ1) is 10.2. The van der Waals surface area contributed by atoms with Crippen molar-refractivity contribution in [1.82, 2.24) is 20.9 Å². The summed E-state index contributed by atoms with van der Waals surface area (Å²) in [4.78, 5) is 13.6. The summed E-state index contributed by atoms with van der Waals surface area (Å²) in [5.41, 5.74) is 0. The van der Waals surface area contributed by atoms with Crippen LogP contribution < -0.4 is 16.0 Å². The lowest BCUT2D eigenvalue weighted by atomic mass is 9.97. The van der Waals surface area contributed by atoms with Crippen molar-refractivity contribution in [3.05, 3.63) is 0 Å². The molecule has 5 heteroatoms.